The zero-order chi connectivity index (χ0) is 12.4. The van der Waals surface area contributed by atoms with E-state index in [2.05, 4.69) is 5.32 Å². The number of nitrogens with one attached hydrogen (secondary N) is 1. The summed E-state index contributed by atoms with van der Waals surface area (Å²) in [6.07, 6.45) is 0.618. The lowest BCUT2D eigenvalue weighted by Crippen LogP contribution is -2.58. The van der Waals surface area contributed by atoms with E-state index in [0.717, 1.165) is 11.3 Å². The number of aryl methyl sites for hydroxylation is 1. The van der Waals surface area contributed by atoms with Gasteiger partial charge in [0, 0.05) is 5.69 Å². The second-order valence-corrected chi connectivity index (χ2v) is 4.24. The van der Waals surface area contributed by atoms with Gasteiger partial charge in [-0.2, -0.15) is 0 Å². The Hall–Kier alpha value is -1.84. The molecule has 90 valence electrons. The van der Waals surface area contributed by atoms with Crippen LogP contribution in [0.25, 0.3) is 0 Å². The SMILES string of the molecule is CCC1NC(=O)CN(c2ccccc2C)C1=O. The number of carbonyl (C=O) groups is 2. The van der Waals surface area contributed by atoms with Crippen molar-refractivity contribution in [2.45, 2.75) is 26.3 Å². The summed E-state index contributed by atoms with van der Waals surface area (Å²) in [4.78, 5) is 25.3. The normalized spacial score (nSPS) is 20.4. The molecule has 4 heteroatoms. The molecule has 2 amide bonds. The average Bonchev–Trinajstić information content (AvgIpc) is 2.32. The Bertz CT molecular complexity index is 456. The summed E-state index contributed by atoms with van der Waals surface area (Å²) < 4.78 is 0. The summed E-state index contributed by atoms with van der Waals surface area (Å²) in [6.45, 7) is 3.94. The van der Waals surface area contributed by atoms with Crippen LogP contribution in [0.5, 0.6) is 0 Å². The van der Waals surface area contributed by atoms with E-state index in [1.165, 1.54) is 0 Å². The van der Waals surface area contributed by atoms with Crippen LogP contribution in [-0.2, 0) is 9.59 Å². The van der Waals surface area contributed by atoms with Crippen molar-refractivity contribution in [2.24, 2.45) is 0 Å². The molecule has 0 spiro atoms. The van der Waals surface area contributed by atoms with Crippen LogP contribution in [0.3, 0.4) is 0 Å². The van der Waals surface area contributed by atoms with Crippen molar-refractivity contribution in [1.82, 2.24) is 5.32 Å². The number of nitrogens with zero attached hydrogens (tertiary/aromatic N) is 1. The maximum atomic E-state index is 12.2. The molecule has 1 aromatic rings. The summed E-state index contributed by atoms with van der Waals surface area (Å²) in [5.41, 5.74) is 1.83. The van der Waals surface area contributed by atoms with Gasteiger partial charge in [0.1, 0.15) is 12.6 Å². The van der Waals surface area contributed by atoms with E-state index >= 15 is 0 Å². The molecule has 1 heterocycles. The summed E-state index contributed by atoms with van der Waals surface area (Å²) >= 11 is 0. The number of carbonyl (C=O) groups excluding carboxylic acids is 2. The molecule has 0 saturated carbocycles. The summed E-state index contributed by atoms with van der Waals surface area (Å²) in [6, 6.07) is 7.22. The lowest BCUT2D eigenvalue weighted by Gasteiger charge is -2.32. The largest absolute Gasteiger partial charge is 0.343 e. The molecule has 17 heavy (non-hydrogen) atoms. The number of hydrogen-bond donors (Lipinski definition) is 1. The lowest BCUT2D eigenvalue weighted by molar-refractivity contribution is -0.131. The van der Waals surface area contributed by atoms with Crippen molar-refractivity contribution in [3.63, 3.8) is 0 Å². The Labute approximate surface area is 101 Å². The molecule has 1 N–H and O–H groups in total. The molecule has 4 nitrogen and oxygen atoms in total. The monoisotopic (exact) mass is 232 g/mol. The molecule has 0 radical (unpaired) electrons. The molecule has 0 aromatic heterocycles. The fraction of sp³-hybridized carbons (Fsp3) is 0.385. The number of hydrogen-bond acceptors (Lipinski definition) is 2. The first-order valence-corrected chi connectivity index (χ1v) is 5.80. The van der Waals surface area contributed by atoms with Crippen molar-refractivity contribution in [2.75, 3.05) is 11.4 Å². The van der Waals surface area contributed by atoms with Crippen molar-refractivity contribution in [1.29, 1.82) is 0 Å². The number of para-hydroxylation sites is 1. The molecule has 1 atom stereocenters. The Morgan fingerprint density at radius 1 is 1.35 bits per heavy atom. The number of piperazine rings is 1. The summed E-state index contributed by atoms with van der Waals surface area (Å²) in [5.74, 6) is -0.124. The number of benzene rings is 1. The van der Waals surface area contributed by atoms with E-state index in [1.54, 1.807) is 4.90 Å². The lowest BCUT2D eigenvalue weighted by atomic mass is 10.1. The van der Waals surface area contributed by atoms with Gasteiger partial charge in [-0.05, 0) is 25.0 Å². The van der Waals surface area contributed by atoms with Gasteiger partial charge < -0.3 is 10.2 Å². The fourth-order valence-corrected chi connectivity index (χ4v) is 2.06. The smallest absolute Gasteiger partial charge is 0.250 e. The molecular formula is C13H16N2O2. The molecule has 1 saturated heterocycles. The van der Waals surface area contributed by atoms with E-state index in [4.69, 9.17) is 0 Å². The van der Waals surface area contributed by atoms with E-state index < -0.39 is 6.04 Å². The highest BCUT2D eigenvalue weighted by molar-refractivity contribution is 6.06. The van der Waals surface area contributed by atoms with Crippen LogP contribution in [0, 0.1) is 6.92 Å². The van der Waals surface area contributed by atoms with Gasteiger partial charge in [-0.15, -0.1) is 0 Å². The standard InChI is InChI=1S/C13H16N2O2/c1-3-10-13(17)15(8-12(16)14-10)11-7-5-4-6-9(11)2/h4-7,10H,3,8H2,1-2H3,(H,14,16). The van der Waals surface area contributed by atoms with Gasteiger partial charge in [0.25, 0.3) is 0 Å². The van der Waals surface area contributed by atoms with Crippen molar-refractivity contribution < 1.29 is 9.59 Å². The number of rotatable bonds is 2. The topological polar surface area (TPSA) is 49.4 Å². The van der Waals surface area contributed by atoms with E-state index in [9.17, 15) is 9.59 Å². The molecule has 1 aliphatic heterocycles. The van der Waals surface area contributed by atoms with Gasteiger partial charge in [-0.3, -0.25) is 9.59 Å². The van der Waals surface area contributed by atoms with Crippen molar-refractivity contribution in [3.05, 3.63) is 29.8 Å². The van der Waals surface area contributed by atoms with Crippen LogP contribution >= 0.6 is 0 Å². The zero-order valence-corrected chi connectivity index (χ0v) is 10.1. The van der Waals surface area contributed by atoms with Crippen molar-refractivity contribution in [3.8, 4) is 0 Å². The number of anilines is 1. The minimum Gasteiger partial charge on any atom is -0.343 e. The predicted molar refractivity (Wildman–Crippen MR) is 65.8 cm³/mol. The molecule has 1 fully saturated rings. The predicted octanol–water partition coefficient (Wildman–Crippen LogP) is 1.24. The molecule has 1 unspecified atom stereocenters. The Morgan fingerprint density at radius 3 is 2.71 bits per heavy atom. The summed E-state index contributed by atoms with van der Waals surface area (Å²) in [7, 11) is 0. The molecule has 0 bridgehead atoms. The first kappa shape index (κ1) is 11.6. The van der Waals surface area contributed by atoms with Crippen LogP contribution in [0.4, 0.5) is 5.69 Å². The molecule has 1 aromatic carbocycles. The second kappa shape index (κ2) is 4.57. The number of amides is 2. The van der Waals surface area contributed by atoms with Gasteiger partial charge in [-0.25, -0.2) is 0 Å². The van der Waals surface area contributed by atoms with Crippen LogP contribution < -0.4 is 10.2 Å². The third kappa shape index (κ3) is 2.16. The average molecular weight is 232 g/mol. The van der Waals surface area contributed by atoms with Crippen LogP contribution in [-0.4, -0.2) is 24.4 Å². The van der Waals surface area contributed by atoms with Crippen LogP contribution in [0.2, 0.25) is 0 Å². The van der Waals surface area contributed by atoms with E-state index in [0.29, 0.717) is 6.42 Å². The van der Waals surface area contributed by atoms with E-state index in [-0.39, 0.29) is 18.4 Å². The minimum absolute atomic E-state index is 0.0265. The maximum Gasteiger partial charge on any atom is 0.250 e. The highest BCUT2D eigenvalue weighted by Crippen LogP contribution is 2.22. The minimum atomic E-state index is -0.393. The van der Waals surface area contributed by atoms with Gasteiger partial charge in [0.15, 0.2) is 0 Å². The fourth-order valence-electron chi connectivity index (χ4n) is 2.06. The highest BCUT2D eigenvalue weighted by atomic mass is 16.2. The van der Waals surface area contributed by atoms with Gasteiger partial charge in [0.2, 0.25) is 11.8 Å². The second-order valence-electron chi connectivity index (χ2n) is 4.24. The van der Waals surface area contributed by atoms with Crippen LogP contribution in [0.1, 0.15) is 18.9 Å². The zero-order valence-electron chi connectivity index (χ0n) is 10.1. The molecular weight excluding hydrogens is 216 g/mol. The van der Waals surface area contributed by atoms with Gasteiger partial charge >= 0.3 is 0 Å². The summed E-state index contributed by atoms with van der Waals surface area (Å²) in [5, 5.41) is 2.70. The molecule has 0 aliphatic carbocycles. The quantitative estimate of drug-likeness (QED) is 0.834. The molecule has 2 rings (SSSR count). The third-order valence-electron chi connectivity index (χ3n) is 3.02. The first-order chi connectivity index (χ1) is 8.13. The Morgan fingerprint density at radius 2 is 2.06 bits per heavy atom. The molecule has 1 aliphatic rings. The van der Waals surface area contributed by atoms with Gasteiger partial charge in [0.05, 0.1) is 0 Å². The Balaban J connectivity index is 2.34. The van der Waals surface area contributed by atoms with Gasteiger partial charge in [-0.1, -0.05) is 25.1 Å². The van der Waals surface area contributed by atoms with E-state index in [1.807, 2.05) is 38.1 Å². The van der Waals surface area contributed by atoms with Crippen LogP contribution in [0.15, 0.2) is 24.3 Å². The highest BCUT2D eigenvalue weighted by Gasteiger charge is 2.32. The first-order valence-electron chi connectivity index (χ1n) is 5.80. The maximum absolute atomic E-state index is 12.2. The van der Waals surface area contributed by atoms with Crippen molar-refractivity contribution >= 4 is 17.5 Å². The Kier molecular flexibility index (Phi) is 3.13. The third-order valence-corrected chi connectivity index (χ3v) is 3.02.